The number of fused-ring (bicyclic) bond motifs is 2. The molecule has 2 aromatic rings. The second kappa shape index (κ2) is 5.89. The summed E-state index contributed by atoms with van der Waals surface area (Å²) in [6.07, 6.45) is 0. The third-order valence-electron chi connectivity index (χ3n) is 4.69. The highest BCUT2D eigenvalue weighted by Crippen LogP contribution is 2.33. The number of nitrogens with zero attached hydrogens (tertiary/aromatic N) is 2. The van der Waals surface area contributed by atoms with Gasteiger partial charge in [0, 0.05) is 49.9 Å². The van der Waals surface area contributed by atoms with Crippen molar-refractivity contribution in [3.8, 4) is 0 Å². The van der Waals surface area contributed by atoms with Crippen LogP contribution in [-0.4, -0.2) is 60.9 Å². The Bertz CT molecular complexity index is 751. The van der Waals surface area contributed by atoms with Crippen LogP contribution in [0.4, 0.5) is 5.88 Å². The maximum Gasteiger partial charge on any atom is 0.229 e. The van der Waals surface area contributed by atoms with Crippen LogP contribution >= 0.6 is 0 Å². The van der Waals surface area contributed by atoms with Gasteiger partial charge in [-0.1, -0.05) is 24.3 Å². The number of hydrogen-bond donors (Lipinski definition) is 1. The maximum atomic E-state index is 12.6. The molecule has 2 aliphatic rings. The predicted octanol–water partition coefficient (Wildman–Crippen LogP) is 1.17. The summed E-state index contributed by atoms with van der Waals surface area (Å²) in [5.74, 6) is 0.323. The molecule has 24 heavy (non-hydrogen) atoms. The number of rotatable bonds is 3. The molecule has 1 aromatic carbocycles. The largest absolute Gasteiger partial charge is 0.436 e. The standard InChI is InChI=1S/C18H18N2O4/c21-10-9-19-5-7-20(8-6-19)15-11-14-16(22)12-3-1-2-4-13(12)17(23)18(14)24-15/h1-4,11,21H,5-10H2. The zero-order valence-electron chi connectivity index (χ0n) is 13.2. The van der Waals surface area contributed by atoms with Crippen LogP contribution in [0.5, 0.6) is 0 Å². The Labute approximate surface area is 139 Å². The number of carbonyl (C=O) groups excluding carboxylic acids is 2. The van der Waals surface area contributed by atoms with Crippen molar-refractivity contribution in [3.05, 3.63) is 52.8 Å². The lowest BCUT2D eigenvalue weighted by Crippen LogP contribution is -2.47. The Morgan fingerprint density at radius 2 is 1.62 bits per heavy atom. The second-order valence-corrected chi connectivity index (χ2v) is 6.08. The number of aliphatic hydroxyl groups excluding tert-OH is 1. The first-order valence-electron chi connectivity index (χ1n) is 8.09. The first-order valence-corrected chi connectivity index (χ1v) is 8.09. The highest BCUT2D eigenvalue weighted by molar-refractivity contribution is 6.27. The van der Waals surface area contributed by atoms with Gasteiger partial charge in [0.25, 0.3) is 0 Å². The average Bonchev–Trinajstić information content (AvgIpc) is 3.06. The van der Waals surface area contributed by atoms with E-state index in [0.29, 0.717) is 29.1 Å². The van der Waals surface area contributed by atoms with Gasteiger partial charge >= 0.3 is 0 Å². The summed E-state index contributed by atoms with van der Waals surface area (Å²) in [4.78, 5) is 29.4. The van der Waals surface area contributed by atoms with E-state index < -0.39 is 0 Å². The van der Waals surface area contributed by atoms with E-state index in [1.54, 1.807) is 30.3 Å². The third-order valence-corrected chi connectivity index (χ3v) is 4.69. The highest BCUT2D eigenvalue weighted by atomic mass is 16.4. The quantitative estimate of drug-likeness (QED) is 0.779. The first-order chi connectivity index (χ1) is 11.7. The highest BCUT2D eigenvalue weighted by Gasteiger charge is 2.34. The summed E-state index contributed by atoms with van der Waals surface area (Å²) in [5.41, 5.74) is 1.20. The monoisotopic (exact) mass is 326 g/mol. The van der Waals surface area contributed by atoms with E-state index in [0.717, 1.165) is 26.2 Å². The van der Waals surface area contributed by atoms with Crippen molar-refractivity contribution >= 4 is 17.5 Å². The fraction of sp³-hybridized carbons (Fsp3) is 0.333. The van der Waals surface area contributed by atoms with E-state index in [9.17, 15) is 9.59 Å². The Morgan fingerprint density at radius 3 is 2.29 bits per heavy atom. The first kappa shape index (κ1) is 15.1. The molecule has 124 valence electrons. The molecule has 0 atom stereocenters. The smallest absolute Gasteiger partial charge is 0.229 e. The van der Waals surface area contributed by atoms with Gasteiger partial charge in [-0.15, -0.1) is 0 Å². The van der Waals surface area contributed by atoms with E-state index >= 15 is 0 Å². The third kappa shape index (κ3) is 2.35. The minimum absolute atomic E-state index is 0.145. The van der Waals surface area contributed by atoms with E-state index in [2.05, 4.69) is 4.90 Å². The zero-order chi connectivity index (χ0) is 16.7. The topological polar surface area (TPSA) is 74.0 Å². The van der Waals surface area contributed by atoms with Crippen molar-refractivity contribution in [2.45, 2.75) is 0 Å². The molecule has 0 saturated carbocycles. The van der Waals surface area contributed by atoms with E-state index in [-0.39, 0.29) is 23.9 Å². The summed E-state index contributed by atoms with van der Waals surface area (Å²) >= 11 is 0. The van der Waals surface area contributed by atoms with Crippen LogP contribution in [-0.2, 0) is 0 Å². The number of β-amino-alcohol motifs (C(OH)–C–C–N with tert-alkyl or cyclic N) is 1. The molecule has 1 aliphatic heterocycles. The molecule has 6 heteroatoms. The molecule has 1 aromatic heterocycles. The van der Waals surface area contributed by atoms with Crippen molar-refractivity contribution in [1.82, 2.24) is 4.90 Å². The number of benzene rings is 1. The number of ketones is 2. The number of hydrogen-bond acceptors (Lipinski definition) is 6. The lowest BCUT2D eigenvalue weighted by molar-refractivity contribution is 0.0960. The lowest BCUT2D eigenvalue weighted by atomic mass is 9.89. The van der Waals surface area contributed by atoms with Gasteiger partial charge in [-0.3, -0.25) is 14.5 Å². The fourth-order valence-corrected chi connectivity index (χ4v) is 3.35. The van der Waals surface area contributed by atoms with Crippen molar-refractivity contribution in [2.24, 2.45) is 0 Å². The Balaban J connectivity index is 1.62. The molecule has 0 bridgehead atoms. The Hall–Kier alpha value is -2.44. The van der Waals surface area contributed by atoms with Gasteiger partial charge in [0.15, 0.2) is 17.4 Å². The average molecular weight is 326 g/mol. The number of furan rings is 1. The van der Waals surface area contributed by atoms with Gasteiger partial charge in [0.1, 0.15) is 0 Å². The molecule has 0 radical (unpaired) electrons. The Morgan fingerprint density at radius 1 is 0.958 bits per heavy atom. The number of aliphatic hydroxyl groups is 1. The van der Waals surface area contributed by atoms with Crippen LogP contribution in [0.3, 0.4) is 0 Å². The Kier molecular flexibility index (Phi) is 3.70. The molecule has 0 unspecified atom stereocenters. The lowest BCUT2D eigenvalue weighted by Gasteiger charge is -2.34. The van der Waals surface area contributed by atoms with Crippen LogP contribution in [0.1, 0.15) is 32.0 Å². The van der Waals surface area contributed by atoms with Crippen molar-refractivity contribution in [2.75, 3.05) is 44.2 Å². The van der Waals surface area contributed by atoms with Crippen molar-refractivity contribution < 1.29 is 19.1 Å². The molecule has 4 rings (SSSR count). The maximum absolute atomic E-state index is 12.6. The van der Waals surface area contributed by atoms with Gasteiger partial charge in [-0.2, -0.15) is 0 Å². The van der Waals surface area contributed by atoms with Crippen LogP contribution in [0, 0.1) is 0 Å². The van der Waals surface area contributed by atoms with Crippen molar-refractivity contribution in [3.63, 3.8) is 0 Å². The summed E-state index contributed by atoms with van der Waals surface area (Å²) < 4.78 is 5.77. The van der Waals surface area contributed by atoms with Gasteiger partial charge in [0.05, 0.1) is 12.2 Å². The summed E-state index contributed by atoms with van der Waals surface area (Å²) in [5, 5.41) is 9.01. The van der Waals surface area contributed by atoms with Crippen LogP contribution in [0.25, 0.3) is 0 Å². The summed E-state index contributed by atoms with van der Waals surface area (Å²) in [7, 11) is 0. The molecule has 0 amide bonds. The molecule has 1 aliphatic carbocycles. The fourth-order valence-electron chi connectivity index (χ4n) is 3.35. The minimum Gasteiger partial charge on any atom is -0.436 e. The molecule has 0 spiro atoms. The van der Waals surface area contributed by atoms with Gasteiger partial charge < -0.3 is 14.4 Å². The van der Waals surface area contributed by atoms with Crippen LogP contribution < -0.4 is 4.90 Å². The van der Waals surface area contributed by atoms with Crippen LogP contribution in [0.2, 0.25) is 0 Å². The van der Waals surface area contributed by atoms with Gasteiger partial charge in [0.2, 0.25) is 5.78 Å². The molecule has 1 N–H and O–H groups in total. The summed E-state index contributed by atoms with van der Waals surface area (Å²) in [6, 6.07) is 8.54. The number of piperazine rings is 1. The second-order valence-electron chi connectivity index (χ2n) is 6.08. The zero-order valence-corrected chi connectivity index (χ0v) is 13.2. The summed E-state index contributed by atoms with van der Waals surface area (Å²) in [6.45, 7) is 3.91. The normalized spacial score (nSPS) is 17.8. The van der Waals surface area contributed by atoms with Gasteiger partial charge in [-0.25, -0.2) is 0 Å². The van der Waals surface area contributed by atoms with Crippen LogP contribution in [0.15, 0.2) is 34.7 Å². The van der Waals surface area contributed by atoms with E-state index in [4.69, 9.17) is 9.52 Å². The van der Waals surface area contributed by atoms with Gasteiger partial charge in [-0.05, 0) is 0 Å². The van der Waals surface area contributed by atoms with E-state index in [1.807, 2.05) is 4.90 Å². The molecule has 6 nitrogen and oxygen atoms in total. The SMILES string of the molecule is O=C1c2ccccc2C(=O)c2oc(N3CCN(CCO)CC3)cc21. The van der Waals surface area contributed by atoms with E-state index in [1.165, 1.54) is 0 Å². The molecule has 1 saturated heterocycles. The number of anilines is 1. The number of carbonyl (C=O) groups is 2. The minimum atomic E-state index is -0.231. The van der Waals surface area contributed by atoms with Crippen molar-refractivity contribution in [1.29, 1.82) is 0 Å². The molecule has 1 fully saturated rings. The molecular formula is C18H18N2O4. The molecular weight excluding hydrogens is 308 g/mol. The molecule has 2 heterocycles. The predicted molar refractivity (Wildman–Crippen MR) is 87.8 cm³/mol.